The van der Waals surface area contributed by atoms with Crippen LogP contribution in [-0.4, -0.2) is 44.3 Å². The summed E-state index contributed by atoms with van der Waals surface area (Å²) in [5.74, 6) is -0.998. The van der Waals surface area contributed by atoms with E-state index >= 15 is 0 Å². The summed E-state index contributed by atoms with van der Waals surface area (Å²) in [6.45, 7) is 3.48. The normalized spacial score (nSPS) is 12.0. The second kappa shape index (κ2) is 16.0. The van der Waals surface area contributed by atoms with E-state index in [4.69, 9.17) is 46.4 Å². The molecule has 0 fully saturated rings. The van der Waals surface area contributed by atoms with Crippen molar-refractivity contribution < 1.29 is 18.0 Å². The Balaban J connectivity index is 1.82. The van der Waals surface area contributed by atoms with E-state index in [-0.39, 0.29) is 44.5 Å². The molecule has 46 heavy (non-hydrogen) atoms. The van der Waals surface area contributed by atoms with Crippen LogP contribution in [0.5, 0.6) is 0 Å². The highest BCUT2D eigenvalue weighted by Gasteiger charge is 2.35. The number of carbonyl (C=O) groups is 2. The summed E-state index contributed by atoms with van der Waals surface area (Å²) < 4.78 is 29.3. The Morgan fingerprint density at radius 3 is 2.02 bits per heavy atom. The van der Waals surface area contributed by atoms with E-state index in [2.05, 4.69) is 5.32 Å². The lowest BCUT2D eigenvalue weighted by Crippen LogP contribution is -2.53. The molecule has 0 heterocycles. The molecule has 0 bridgehead atoms. The fourth-order valence-corrected chi connectivity index (χ4v) is 6.78. The van der Waals surface area contributed by atoms with Gasteiger partial charge in [0, 0.05) is 19.5 Å². The molecule has 12 heteroatoms. The van der Waals surface area contributed by atoms with E-state index in [1.165, 1.54) is 35.2 Å². The number of amides is 2. The first kappa shape index (κ1) is 35.6. The van der Waals surface area contributed by atoms with E-state index < -0.39 is 28.5 Å². The van der Waals surface area contributed by atoms with Crippen LogP contribution in [0, 0.1) is 6.92 Å². The Morgan fingerprint density at radius 2 is 1.41 bits per heavy atom. The van der Waals surface area contributed by atoms with Gasteiger partial charge in [0.25, 0.3) is 10.0 Å². The minimum Gasteiger partial charge on any atom is -0.354 e. The molecule has 7 nitrogen and oxygen atoms in total. The Labute approximate surface area is 290 Å². The highest BCUT2D eigenvalue weighted by molar-refractivity contribution is 7.92. The Kier molecular flexibility index (Phi) is 12.4. The molecule has 0 aromatic heterocycles. The zero-order valence-corrected chi connectivity index (χ0v) is 29.1. The topological polar surface area (TPSA) is 86.8 Å². The number of nitrogens with zero attached hydrogens (tertiary/aromatic N) is 2. The summed E-state index contributed by atoms with van der Waals surface area (Å²) in [5.41, 5.74) is 2.42. The molecule has 1 atom stereocenters. The maximum absolute atomic E-state index is 14.5. The Morgan fingerprint density at radius 1 is 0.783 bits per heavy atom. The zero-order chi connectivity index (χ0) is 33.4. The molecule has 0 spiro atoms. The maximum Gasteiger partial charge on any atom is 0.264 e. The predicted molar refractivity (Wildman–Crippen MR) is 186 cm³/mol. The van der Waals surface area contributed by atoms with E-state index in [9.17, 15) is 18.0 Å². The van der Waals surface area contributed by atoms with Crippen LogP contribution in [0.4, 0.5) is 5.69 Å². The van der Waals surface area contributed by atoms with Gasteiger partial charge in [-0.2, -0.15) is 0 Å². The fraction of sp³-hybridized carbons (Fsp3) is 0.235. The summed E-state index contributed by atoms with van der Waals surface area (Å²) in [6.07, 6.45) is 0.866. The molecule has 0 aliphatic rings. The Bertz CT molecular complexity index is 1790. The van der Waals surface area contributed by atoms with Gasteiger partial charge in [-0.3, -0.25) is 13.9 Å². The molecule has 0 saturated heterocycles. The van der Waals surface area contributed by atoms with E-state index in [1.54, 1.807) is 30.3 Å². The second-order valence-corrected chi connectivity index (χ2v) is 14.2. The minimum absolute atomic E-state index is 0.0190. The van der Waals surface area contributed by atoms with Crippen LogP contribution in [-0.2, 0) is 32.6 Å². The largest absolute Gasteiger partial charge is 0.354 e. The van der Waals surface area contributed by atoms with Gasteiger partial charge < -0.3 is 10.2 Å². The number of benzene rings is 4. The molecule has 2 amide bonds. The first-order chi connectivity index (χ1) is 21.9. The molecule has 0 saturated carbocycles. The maximum atomic E-state index is 14.5. The van der Waals surface area contributed by atoms with Crippen molar-refractivity contribution in [1.29, 1.82) is 0 Å². The molecule has 242 valence electrons. The number of carbonyl (C=O) groups excluding carboxylic acids is 2. The van der Waals surface area contributed by atoms with Gasteiger partial charge in [0.05, 0.1) is 30.7 Å². The van der Waals surface area contributed by atoms with Crippen LogP contribution in [0.1, 0.15) is 30.0 Å². The quantitative estimate of drug-likeness (QED) is 0.152. The third kappa shape index (κ3) is 8.96. The highest BCUT2D eigenvalue weighted by Crippen LogP contribution is 2.31. The summed E-state index contributed by atoms with van der Waals surface area (Å²) in [7, 11) is -4.29. The number of hydrogen-bond acceptors (Lipinski definition) is 4. The molecule has 0 radical (unpaired) electrons. The highest BCUT2D eigenvalue weighted by atomic mass is 35.5. The molecule has 4 aromatic carbocycles. The number of nitrogens with one attached hydrogen (secondary N) is 1. The summed E-state index contributed by atoms with van der Waals surface area (Å²) >= 11 is 25.0. The number of hydrogen-bond donors (Lipinski definition) is 1. The van der Waals surface area contributed by atoms with E-state index in [0.29, 0.717) is 23.6 Å². The van der Waals surface area contributed by atoms with E-state index in [1.807, 2.05) is 44.2 Å². The second-order valence-electron chi connectivity index (χ2n) is 10.7. The monoisotopic (exact) mass is 719 g/mol. The van der Waals surface area contributed by atoms with Gasteiger partial charge in [0.2, 0.25) is 11.8 Å². The lowest BCUT2D eigenvalue weighted by Gasteiger charge is -2.34. The smallest absolute Gasteiger partial charge is 0.264 e. The van der Waals surface area contributed by atoms with Gasteiger partial charge in [0.15, 0.2) is 0 Å². The number of anilines is 1. The fourth-order valence-electron chi connectivity index (χ4n) is 4.76. The van der Waals surface area contributed by atoms with Gasteiger partial charge in [-0.25, -0.2) is 8.42 Å². The van der Waals surface area contributed by atoms with Crippen LogP contribution in [0.25, 0.3) is 0 Å². The first-order valence-corrected chi connectivity index (χ1v) is 17.5. The van der Waals surface area contributed by atoms with Crippen molar-refractivity contribution in [3.63, 3.8) is 0 Å². The molecule has 4 rings (SSSR count). The predicted octanol–water partition coefficient (Wildman–Crippen LogP) is 7.97. The SMILES string of the molecule is CCCNC(=O)[C@@H](Cc1ccccc1)N(Cc1ccc(Cl)c(Cl)c1)C(=O)CN(c1ccc(Cl)c(Cl)c1)S(=O)(=O)c1ccc(C)cc1. The van der Waals surface area contributed by atoms with Crippen LogP contribution in [0.3, 0.4) is 0 Å². The molecular weight excluding hydrogens is 688 g/mol. The van der Waals surface area contributed by atoms with Crippen LogP contribution < -0.4 is 9.62 Å². The van der Waals surface area contributed by atoms with Gasteiger partial charge in [0.1, 0.15) is 12.6 Å². The third-order valence-electron chi connectivity index (χ3n) is 7.24. The van der Waals surface area contributed by atoms with Crippen molar-refractivity contribution in [1.82, 2.24) is 10.2 Å². The molecule has 0 aliphatic carbocycles. The molecular formula is C34H33Cl4N3O4S. The van der Waals surface area contributed by atoms with Crippen LogP contribution in [0.15, 0.2) is 95.9 Å². The van der Waals surface area contributed by atoms with Gasteiger partial charge >= 0.3 is 0 Å². The molecule has 0 unspecified atom stereocenters. The van der Waals surface area contributed by atoms with Crippen molar-refractivity contribution in [2.75, 3.05) is 17.4 Å². The number of rotatable bonds is 13. The third-order valence-corrected chi connectivity index (χ3v) is 10.5. The van der Waals surface area contributed by atoms with Gasteiger partial charge in [-0.15, -0.1) is 0 Å². The number of halogens is 4. The van der Waals surface area contributed by atoms with Crippen LogP contribution in [0.2, 0.25) is 20.1 Å². The minimum atomic E-state index is -4.29. The van der Waals surface area contributed by atoms with Crippen molar-refractivity contribution in [2.24, 2.45) is 0 Å². The molecule has 1 N–H and O–H groups in total. The average Bonchev–Trinajstić information content (AvgIpc) is 3.04. The summed E-state index contributed by atoms with van der Waals surface area (Å²) in [5, 5.41) is 3.86. The van der Waals surface area contributed by atoms with Crippen molar-refractivity contribution in [2.45, 2.75) is 44.2 Å². The van der Waals surface area contributed by atoms with E-state index in [0.717, 1.165) is 15.4 Å². The average molecular weight is 722 g/mol. The summed E-state index contributed by atoms with van der Waals surface area (Å²) in [4.78, 5) is 29.6. The lowest BCUT2D eigenvalue weighted by molar-refractivity contribution is -0.140. The van der Waals surface area contributed by atoms with Crippen molar-refractivity contribution in [3.8, 4) is 0 Å². The van der Waals surface area contributed by atoms with Gasteiger partial charge in [-0.1, -0.05) is 107 Å². The van der Waals surface area contributed by atoms with Crippen molar-refractivity contribution >= 4 is 73.9 Å². The zero-order valence-electron chi connectivity index (χ0n) is 25.2. The van der Waals surface area contributed by atoms with Gasteiger partial charge in [-0.05, 0) is 66.9 Å². The standard InChI is InChI=1S/C34H33Cl4N3O4S/c1-3-17-39-34(43)32(19-24-7-5-4-6-8-24)40(21-25-11-15-28(35)30(37)18-25)33(42)22-41(26-12-16-29(36)31(38)20-26)46(44,45)27-13-9-23(2)10-14-27/h4-16,18,20,32H,3,17,19,21-22H2,1-2H3,(H,39,43)/t32-/m1/s1. The Hall–Kier alpha value is -3.27. The number of aryl methyl sites for hydroxylation is 1. The van der Waals surface area contributed by atoms with Crippen LogP contribution >= 0.6 is 46.4 Å². The van der Waals surface area contributed by atoms with Crippen molar-refractivity contribution in [3.05, 3.63) is 128 Å². The molecule has 0 aliphatic heterocycles. The lowest BCUT2D eigenvalue weighted by atomic mass is 10.0. The first-order valence-electron chi connectivity index (χ1n) is 14.5. The molecule has 4 aromatic rings. The number of sulfonamides is 1. The summed E-state index contributed by atoms with van der Waals surface area (Å²) in [6, 6.07) is 23.9.